The minimum Gasteiger partial charge on any atom is -0.497 e. The van der Waals surface area contributed by atoms with Gasteiger partial charge in [-0.25, -0.2) is 4.79 Å². The highest BCUT2D eigenvalue weighted by molar-refractivity contribution is 6.31. The quantitative estimate of drug-likeness (QED) is 0.576. The Labute approximate surface area is 188 Å². The summed E-state index contributed by atoms with van der Waals surface area (Å²) in [6.45, 7) is 7.64. The van der Waals surface area contributed by atoms with Crippen molar-refractivity contribution in [2.75, 3.05) is 7.11 Å². The maximum Gasteiger partial charge on any atom is 0.336 e. The number of carbonyl (C=O) groups excluding carboxylic acids is 2. The second-order valence-corrected chi connectivity index (χ2v) is 9.01. The lowest BCUT2D eigenvalue weighted by molar-refractivity contribution is -0.150. The first kappa shape index (κ1) is 22.9. The summed E-state index contributed by atoms with van der Waals surface area (Å²) in [5.41, 5.74) is 2.09. The van der Waals surface area contributed by atoms with Gasteiger partial charge in [-0.1, -0.05) is 41.9 Å². The number of carbonyl (C=O) groups is 2. The van der Waals surface area contributed by atoms with E-state index in [1.54, 1.807) is 25.0 Å². The summed E-state index contributed by atoms with van der Waals surface area (Å²) < 4.78 is 10.9. The molecule has 1 aliphatic rings. The molecular formula is C25H28ClNO4. The lowest BCUT2D eigenvalue weighted by atomic mass is 9.83. The Morgan fingerprint density at radius 2 is 1.77 bits per heavy atom. The Bertz CT molecular complexity index is 1000. The van der Waals surface area contributed by atoms with Crippen molar-refractivity contribution in [3.05, 3.63) is 76.0 Å². The number of rotatable bonds is 5. The van der Waals surface area contributed by atoms with Crippen molar-refractivity contribution >= 4 is 23.5 Å². The van der Waals surface area contributed by atoms with Crippen molar-refractivity contribution in [2.24, 2.45) is 0 Å². The molecule has 1 amide bonds. The zero-order valence-electron chi connectivity index (χ0n) is 18.6. The van der Waals surface area contributed by atoms with Crippen LogP contribution in [0.3, 0.4) is 0 Å². The van der Waals surface area contributed by atoms with Crippen LogP contribution in [0.25, 0.3) is 0 Å². The van der Waals surface area contributed by atoms with Gasteiger partial charge in [0.15, 0.2) is 0 Å². The molecule has 31 heavy (non-hydrogen) atoms. The molecule has 6 heteroatoms. The van der Waals surface area contributed by atoms with Crippen LogP contribution in [-0.2, 0) is 20.9 Å². The number of methoxy groups -OCH3 is 1. The third-order valence-electron chi connectivity index (χ3n) is 5.22. The average Bonchev–Trinajstić information content (AvgIpc) is 2.70. The Hall–Kier alpha value is -2.79. The normalized spacial score (nSPS) is 17.0. The number of nitrogens with zero attached hydrogens (tertiary/aromatic N) is 1. The molecule has 0 aromatic heterocycles. The zero-order valence-corrected chi connectivity index (χ0v) is 19.3. The maximum absolute atomic E-state index is 13.2. The van der Waals surface area contributed by atoms with Gasteiger partial charge >= 0.3 is 5.97 Å². The Morgan fingerprint density at radius 1 is 1.13 bits per heavy atom. The van der Waals surface area contributed by atoms with Crippen LogP contribution in [0.4, 0.5) is 0 Å². The predicted octanol–water partition coefficient (Wildman–Crippen LogP) is 5.48. The molecule has 1 heterocycles. The fourth-order valence-electron chi connectivity index (χ4n) is 3.74. The number of amides is 1. The van der Waals surface area contributed by atoms with E-state index in [0.717, 1.165) is 16.9 Å². The SMILES string of the molecule is COc1ccc(CN2C(=O)CC(c3ccccc3Cl)C(C(=O)OC(C)(C)C)=C2C)cc1. The van der Waals surface area contributed by atoms with Gasteiger partial charge in [-0.3, -0.25) is 4.79 Å². The van der Waals surface area contributed by atoms with E-state index in [4.69, 9.17) is 21.1 Å². The molecule has 0 aliphatic carbocycles. The minimum absolute atomic E-state index is 0.0643. The van der Waals surface area contributed by atoms with Crippen LogP contribution >= 0.6 is 11.6 Å². The molecule has 3 rings (SSSR count). The van der Waals surface area contributed by atoms with E-state index >= 15 is 0 Å². The number of benzene rings is 2. The fourth-order valence-corrected chi connectivity index (χ4v) is 4.01. The van der Waals surface area contributed by atoms with Crippen molar-refractivity contribution in [1.29, 1.82) is 0 Å². The van der Waals surface area contributed by atoms with Crippen LogP contribution in [0.15, 0.2) is 59.8 Å². The van der Waals surface area contributed by atoms with Crippen LogP contribution in [0.2, 0.25) is 5.02 Å². The molecule has 1 atom stereocenters. The molecule has 0 N–H and O–H groups in total. The van der Waals surface area contributed by atoms with Gasteiger partial charge in [0.1, 0.15) is 11.4 Å². The topological polar surface area (TPSA) is 55.8 Å². The smallest absolute Gasteiger partial charge is 0.336 e. The molecule has 0 bridgehead atoms. The lowest BCUT2D eigenvalue weighted by Crippen LogP contribution is -2.39. The van der Waals surface area contributed by atoms with Crippen LogP contribution in [-0.4, -0.2) is 29.5 Å². The fraction of sp³-hybridized carbons (Fsp3) is 0.360. The molecule has 0 spiro atoms. The van der Waals surface area contributed by atoms with Gasteiger partial charge in [-0.15, -0.1) is 0 Å². The minimum atomic E-state index is -0.655. The molecule has 2 aromatic rings. The van der Waals surface area contributed by atoms with Gasteiger partial charge in [-0.05, 0) is 57.0 Å². The van der Waals surface area contributed by atoms with Gasteiger partial charge < -0.3 is 14.4 Å². The molecule has 164 valence electrons. The molecule has 0 radical (unpaired) electrons. The van der Waals surface area contributed by atoms with Gasteiger partial charge in [0.25, 0.3) is 0 Å². The third kappa shape index (κ3) is 5.28. The van der Waals surface area contributed by atoms with E-state index in [2.05, 4.69) is 0 Å². The van der Waals surface area contributed by atoms with E-state index < -0.39 is 17.5 Å². The van der Waals surface area contributed by atoms with Crippen molar-refractivity contribution in [3.63, 3.8) is 0 Å². The number of ether oxygens (including phenoxy) is 2. The van der Waals surface area contributed by atoms with Gasteiger partial charge in [-0.2, -0.15) is 0 Å². The second kappa shape index (κ2) is 9.15. The number of esters is 1. The summed E-state index contributed by atoms with van der Waals surface area (Å²) in [5.74, 6) is -0.204. The van der Waals surface area contributed by atoms with Crippen LogP contribution in [0.1, 0.15) is 51.2 Å². The number of hydrogen-bond acceptors (Lipinski definition) is 4. The Balaban J connectivity index is 2.04. The average molecular weight is 442 g/mol. The molecule has 1 unspecified atom stereocenters. The van der Waals surface area contributed by atoms with E-state index in [1.807, 2.05) is 63.2 Å². The molecule has 0 saturated carbocycles. The summed E-state index contributed by atoms with van der Waals surface area (Å²) in [7, 11) is 1.61. The number of allylic oxidation sites excluding steroid dienone is 1. The van der Waals surface area contributed by atoms with Gasteiger partial charge in [0.05, 0.1) is 19.2 Å². The first-order chi connectivity index (χ1) is 14.6. The van der Waals surface area contributed by atoms with Gasteiger partial charge in [0.2, 0.25) is 5.91 Å². The summed E-state index contributed by atoms with van der Waals surface area (Å²) >= 11 is 6.44. The van der Waals surface area contributed by atoms with Crippen LogP contribution in [0.5, 0.6) is 5.75 Å². The zero-order chi connectivity index (χ0) is 22.8. The monoisotopic (exact) mass is 441 g/mol. The van der Waals surface area contributed by atoms with E-state index in [-0.39, 0.29) is 12.3 Å². The molecule has 0 fully saturated rings. The molecule has 2 aromatic carbocycles. The van der Waals surface area contributed by atoms with Crippen molar-refractivity contribution in [1.82, 2.24) is 4.90 Å². The molecule has 0 saturated heterocycles. The van der Waals surface area contributed by atoms with E-state index in [9.17, 15) is 9.59 Å². The van der Waals surface area contributed by atoms with Crippen LogP contribution < -0.4 is 4.74 Å². The van der Waals surface area contributed by atoms with Crippen molar-refractivity contribution < 1.29 is 19.1 Å². The standard InChI is InChI=1S/C25H28ClNO4/c1-16-23(24(29)31-25(2,3)4)20(19-8-6-7-9-21(19)26)14-22(28)27(16)15-17-10-12-18(30-5)13-11-17/h6-13,20H,14-15H2,1-5H3. The summed E-state index contributed by atoms with van der Waals surface area (Å²) in [6, 6.07) is 14.8. The van der Waals surface area contributed by atoms with Crippen molar-refractivity contribution in [3.8, 4) is 5.75 Å². The number of halogens is 1. The molecular weight excluding hydrogens is 414 g/mol. The largest absolute Gasteiger partial charge is 0.497 e. The lowest BCUT2D eigenvalue weighted by Gasteiger charge is -2.35. The summed E-state index contributed by atoms with van der Waals surface area (Å²) in [5, 5.41) is 0.526. The van der Waals surface area contributed by atoms with Gasteiger partial charge in [0, 0.05) is 23.1 Å². The highest BCUT2D eigenvalue weighted by Gasteiger charge is 2.38. The summed E-state index contributed by atoms with van der Waals surface area (Å²) in [6.07, 6.45) is 0.145. The Morgan fingerprint density at radius 3 is 2.35 bits per heavy atom. The molecule has 1 aliphatic heterocycles. The Kier molecular flexibility index (Phi) is 6.75. The third-order valence-corrected chi connectivity index (χ3v) is 5.57. The second-order valence-electron chi connectivity index (χ2n) is 8.61. The molecule has 5 nitrogen and oxygen atoms in total. The highest BCUT2D eigenvalue weighted by atomic mass is 35.5. The van der Waals surface area contributed by atoms with E-state index in [0.29, 0.717) is 22.8 Å². The predicted molar refractivity (Wildman–Crippen MR) is 121 cm³/mol. The maximum atomic E-state index is 13.2. The number of hydrogen-bond donors (Lipinski definition) is 0. The summed E-state index contributed by atoms with van der Waals surface area (Å²) in [4.78, 5) is 28.0. The first-order valence-corrected chi connectivity index (χ1v) is 10.6. The first-order valence-electron chi connectivity index (χ1n) is 10.2. The van der Waals surface area contributed by atoms with Crippen molar-refractivity contribution in [2.45, 2.75) is 52.2 Å². The van der Waals surface area contributed by atoms with E-state index in [1.165, 1.54) is 0 Å². The van der Waals surface area contributed by atoms with Crippen LogP contribution in [0, 0.1) is 0 Å². The highest BCUT2D eigenvalue weighted by Crippen LogP contribution is 2.40.